The van der Waals surface area contributed by atoms with Crippen molar-refractivity contribution in [3.05, 3.63) is 53.2 Å². The number of H-pyrrole nitrogens is 1. The summed E-state index contributed by atoms with van der Waals surface area (Å²) in [5.41, 5.74) is 3.48. The van der Waals surface area contributed by atoms with Gasteiger partial charge in [0.2, 0.25) is 17.6 Å². The van der Waals surface area contributed by atoms with Crippen LogP contribution in [0.4, 0.5) is 0 Å². The van der Waals surface area contributed by atoms with E-state index < -0.39 is 12.1 Å². The molecule has 8 heteroatoms. The van der Waals surface area contributed by atoms with Gasteiger partial charge in [0.15, 0.2) is 11.5 Å². The fraction of sp³-hybridized carbons (Fsp3) is 0.273. The minimum atomic E-state index is -0.617. The monoisotopic (exact) mass is 407 g/mol. The van der Waals surface area contributed by atoms with Crippen LogP contribution in [-0.2, 0) is 16.0 Å². The summed E-state index contributed by atoms with van der Waals surface area (Å²) in [7, 11) is 2.91. The highest BCUT2D eigenvalue weighted by atomic mass is 16.5. The number of fused-ring (bicyclic) bond motifs is 4. The number of aromatic nitrogens is 1. The topological polar surface area (TPSA) is 104 Å². The number of piperazine rings is 1. The van der Waals surface area contributed by atoms with Crippen molar-refractivity contribution in [1.82, 2.24) is 15.2 Å². The van der Waals surface area contributed by atoms with E-state index in [2.05, 4.69) is 10.3 Å². The second-order valence-electron chi connectivity index (χ2n) is 7.48. The lowest BCUT2D eigenvalue weighted by atomic mass is 9.86. The summed E-state index contributed by atoms with van der Waals surface area (Å²) in [4.78, 5) is 30.7. The van der Waals surface area contributed by atoms with Crippen molar-refractivity contribution < 1.29 is 24.2 Å². The van der Waals surface area contributed by atoms with Gasteiger partial charge in [-0.05, 0) is 29.3 Å². The lowest BCUT2D eigenvalue weighted by molar-refractivity contribution is -0.148. The van der Waals surface area contributed by atoms with E-state index in [9.17, 15) is 14.7 Å². The average molecular weight is 407 g/mol. The maximum atomic E-state index is 12.9. The number of hydrogen-bond donors (Lipinski definition) is 3. The summed E-state index contributed by atoms with van der Waals surface area (Å²) in [6, 6.07) is 10.1. The number of para-hydroxylation sites is 1. The van der Waals surface area contributed by atoms with Crippen LogP contribution in [0, 0.1) is 0 Å². The highest BCUT2D eigenvalue weighted by Gasteiger charge is 2.46. The van der Waals surface area contributed by atoms with E-state index in [1.54, 1.807) is 17.0 Å². The third-order valence-corrected chi connectivity index (χ3v) is 5.95. The second-order valence-corrected chi connectivity index (χ2v) is 7.48. The van der Waals surface area contributed by atoms with Gasteiger partial charge >= 0.3 is 0 Å². The fourth-order valence-electron chi connectivity index (χ4n) is 4.59. The molecule has 3 N–H and O–H groups in total. The van der Waals surface area contributed by atoms with Crippen LogP contribution in [0.15, 0.2) is 36.4 Å². The lowest BCUT2D eigenvalue weighted by Gasteiger charge is -2.44. The molecule has 3 heterocycles. The summed E-state index contributed by atoms with van der Waals surface area (Å²) in [5.74, 6) is 0.0138. The Morgan fingerprint density at radius 1 is 1.10 bits per heavy atom. The van der Waals surface area contributed by atoms with Crippen LogP contribution in [0.5, 0.6) is 17.2 Å². The molecular weight excluding hydrogens is 386 g/mol. The van der Waals surface area contributed by atoms with Gasteiger partial charge in [-0.2, -0.15) is 0 Å². The maximum Gasteiger partial charge on any atom is 0.243 e. The molecule has 2 amide bonds. The Bertz CT molecular complexity index is 1160. The number of aromatic hydroxyl groups is 1. The number of ether oxygens (including phenoxy) is 2. The number of amides is 2. The van der Waals surface area contributed by atoms with Crippen LogP contribution in [0.25, 0.3) is 10.9 Å². The van der Waals surface area contributed by atoms with Gasteiger partial charge in [0.25, 0.3) is 0 Å². The molecule has 2 atom stereocenters. The number of aromatic amines is 1. The van der Waals surface area contributed by atoms with Crippen LogP contribution in [0.3, 0.4) is 0 Å². The zero-order valence-corrected chi connectivity index (χ0v) is 16.6. The lowest BCUT2D eigenvalue weighted by Crippen LogP contribution is -2.61. The molecule has 0 spiro atoms. The van der Waals surface area contributed by atoms with Gasteiger partial charge in [-0.1, -0.05) is 18.2 Å². The van der Waals surface area contributed by atoms with Gasteiger partial charge in [-0.25, -0.2) is 0 Å². The van der Waals surface area contributed by atoms with E-state index in [-0.39, 0.29) is 35.6 Å². The van der Waals surface area contributed by atoms with Gasteiger partial charge in [0.1, 0.15) is 6.04 Å². The molecule has 0 bridgehead atoms. The van der Waals surface area contributed by atoms with Crippen molar-refractivity contribution in [3.8, 4) is 17.2 Å². The summed E-state index contributed by atoms with van der Waals surface area (Å²) in [6.07, 6.45) is 0.430. The fourth-order valence-corrected chi connectivity index (χ4v) is 4.59. The quantitative estimate of drug-likeness (QED) is 0.615. The number of benzene rings is 2. The first-order valence-corrected chi connectivity index (χ1v) is 9.66. The molecule has 3 aromatic rings. The first-order valence-electron chi connectivity index (χ1n) is 9.66. The van der Waals surface area contributed by atoms with Crippen molar-refractivity contribution in [2.75, 3.05) is 20.8 Å². The Morgan fingerprint density at radius 3 is 2.50 bits per heavy atom. The molecule has 30 heavy (non-hydrogen) atoms. The minimum absolute atomic E-state index is 0.0479. The molecule has 2 aliphatic rings. The molecule has 0 radical (unpaired) electrons. The van der Waals surface area contributed by atoms with Gasteiger partial charge in [-0.15, -0.1) is 0 Å². The van der Waals surface area contributed by atoms with Crippen molar-refractivity contribution in [1.29, 1.82) is 0 Å². The second kappa shape index (κ2) is 6.69. The summed E-state index contributed by atoms with van der Waals surface area (Å²) in [6.45, 7) is -0.0479. The van der Waals surface area contributed by atoms with Crippen molar-refractivity contribution in [3.63, 3.8) is 0 Å². The third kappa shape index (κ3) is 2.53. The Morgan fingerprint density at radius 2 is 1.80 bits per heavy atom. The predicted octanol–water partition coefficient (Wildman–Crippen LogP) is 1.86. The summed E-state index contributed by atoms with van der Waals surface area (Å²) < 4.78 is 10.7. The SMILES string of the molecule is COc1cc([C@H]2c3[nH]c4ccccc4c3C[C@H]3C(=O)NCC(=O)N23)cc(OC)c1O. The smallest absolute Gasteiger partial charge is 0.243 e. The van der Waals surface area contributed by atoms with E-state index in [4.69, 9.17) is 9.47 Å². The first kappa shape index (κ1) is 18.4. The van der Waals surface area contributed by atoms with Crippen LogP contribution in [-0.4, -0.2) is 53.6 Å². The number of carbonyl (C=O) groups is 2. The Hall–Kier alpha value is -3.68. The number of nitrogens with one attached hydrogen (secondary N) is 2. The zero-order valence-electron chi connectivity index (χ0n) is 16.6. The van der Waals surface area contributed by atoms with Crippen LogP contribution in [0.1, 0.15) is 22.9 Å². The average Bonchev–Trinajstić information content (AvgIpc) is 3.14. The van der Waals surface area contributed by atoms with E-state index in [0.29, 0.717) is 12.0 Å². The van der Waals surface area contributed by atoms with Gasteiger partial charge in [0, 0.05) is 23.0 Å². The van der Waals surface area contributed by atoms with Crippen LogP contribution < -0.4 is 14.8 Å². The van der Waals surface area contributed by atoms with Crippen molar-refractivity contribution >= 4 is 22.7 Å². The molecule has 5 rings (SSSR count). The largest absolute Gasteiger partial charge is 0.502 e. The van der Waals surface area contributed by atoms with Crippen molar-refractivity contribution in [2.45, 2.75) is 18.5 Å². The third-order valence-electron chi connectivity index (χ3n) is 5.95. The summed E-state index contributed by atoms with van der Waals surface area (Å²) in [5, 5.41) is 14.1. The van der Waals surface area contributed by atoms with Crippen LogP contribution in [0.2, 0.25) is 0 Å². The van der Waals surface area contributed by atoms with E-state index >= 15 is 0 Å². The maximum absolute atomic E-state index is 12.9. The number of hydrogen-bond acceptors (Lipinski definition) is 5. The molecule has 0 aliphatic carbocycles. The molecule has 0 saturated carbocycles. The number of methoxy groups -OCH3 is 2. The molecule has 154 valence electrons. The Kier molecular flexibility index (Phi) is 4.09. The Labute approximate surface area is 172 Å². The Balaban J connectivity index is 1.79. The van der Waals surface area contributed by atoms with E-state index in [0.717, 1.165) is 22.2 Å². The number of phenols is 1. The van der Waals surface area contributed by atoms with Crippen LogP contribution >= 0.6 is 0 Å². The van der Waals surface area contributed by atoms with E-state index in [1.165, 1.54) is 14.2 Å². The molecule has 2 aromatic carbocycles. The number of carbonyl (C=O) groups excluding carboxylic acids is 2. The normalized spacial score (nSPS) is 20.5. The molecular formula is C22H21N3O5. The zero-order chi connectivity index (χ0) is 21.0. The molecule has 2 aliphatic heterocycles. The van der Waals surface area contributed by atoms with Gasteiger partial charge in [0.05, 0.1) is 26.8 Å². The molecule has 1 aromatic heterocycles. The molecule has 1 saturated heterocycles. The van der Waals surface area contributed by atoms with Gasteiger partial charge < -0.3 is 29.8 Å². The highest BCUT2D eigenvalue weighted by Crippen LogP contribution is 2.46. The van der Waals surface area contributed by atoms with E-state index in [1.807, 2.05) is 24.3 Å². The summed E-state index contributed by atoms with van der Waals surface area (Å²) >= 11 is 0. The first-order chi connectivity index (χ1) is 14.5. The predicted molar refractivity (Wildman–Crippen MR) is 109 cm³/mol. The molecule has 1 fully saturated rings. The molecule has 0 unspecified atom stereocenters. The standard InChI is InChI=1S/C22H21N3O5/c1-29-16-7-11(8-17(30-2)21(16)27)20-19-13(12-5-3-4-6-14(12)24-19)9-15-22(28)23-10-18(26)25(15)20/h3-8,15,20,24,27H,9-10H2,1-2H3,(H,23,28)/t15-,20-/m0/s1. The highest BCUT2D eigenvalue weighted by molar-refractivity contribution is 5.97. The molecule has 8 nitrogen and oxygen atoms in total. The number of rotatable bonds is 3. The van der Waals surface area contributed by atoms with Gasteiger partial charge in [-0.3, -0.25) is 9.59 Å². The number of nitrogens with zero attached hydrogens (tertiary/aromatic N) is 1. The number of phenolic OH excluding ortho intramolecular Hbond substituents is 1. The minimum Gasteiger partial charge on any atom is -0.502 e. The van der Waals surface area contributed by atoms with Crippen molar-refractivity contribution in [2.24, 2.45) is 0 Å².